The van der Waals surface area contributed by atoms with Gasteiger partial charge in [-0.2, -0.15) is 4.31 Å². The van der Waals surface area contributed by atoms with Gasteiger partial charge in [0.05, 0.1) is 4.90 Å². The van der Waals surface area contributed by atoms with Crippen molar-refractivity contribution in [2.24, 2.45) is 0 Å². The number of para-hydroxylation sites is 1. The molecule has 0 saturated carbocycles. The number of carbonyl (C=O) groups excluding carboxylic acids is 1. The Bertz CT molecular complexity index is 966. The highest BCUT2D eigenvalue weighted by Gasteiger charge is 2.31. The van der Waals surface area contributed by atoms with E-state index in [0.717, 1.165) is 24.9 Å². The monoisotopic (exact) mass is 400 g/mol. The number of hydrogen-bond acceptors (Lipinski definition) is 4. The van der Waals surface area contributed by atoms with Crippen LogP contribution in [-0.4, -0.2) is 44.4 Å². The summed E-state index contributed by atoms with van der Waals surface area (Å²) in [6.07, 6.45) is 2.64. The number of sulfonamides is 1. The van der Waals surface area contributed by atoms with Gasteiger partial charge in [-0.05, 0) is 62.1 Å². The maximum Gasteiger partial charge on any atom is 0.265 e. The average Bonchev–Trinajstić information content (AvgIpc) is 3.34. The highest BCUT2D eigenvalue weighted by molar-refractivity contribution is 7.89. The lowest BCUT2D eigenvalue weighted by atomic mass is 10.1. The lowest BCUT2D eigenvalue weighted by Gasteiger charge is -2.22. The van der Waals surface area contributed by atoms with Gasteiger partial charge in [0, 0.05) is 24.8 Å². The molecule has 4 rings (SSSR count). The third kappa shape index (κ3) is 3.52. The second-order valence-electron chi connectivity index (χ2n) is 7.32. The van der Waals surface area contributed by atoms with Crippen LogP contribution in [0.3, 0.4) is 0 Å². The molecule has 7 heteroatoms. The fraction of sp³-hybridized carbons (Fsp3) is 0.381. The van der Waals surface area contributed by atoms with Gasteiger partial charge in [-0.1, -0.05) is 18.2 Å². The molecule has 2 aliphatic rings. The number of rotatable bonds is 5. The number of ether oxygens (including phenoxy) is 1. The molecular weight excluding hydrogens is 376 g/mol. The number of carbonyl (C=O) groups is 1. The number of fused-ring (bicyclic) bond motifs is 1. The van der Waals surface area contributed by atoms with E-state index in [-0.39, 0.29) is 23.5 Å². The predicted octanol–water partition coefficient (Wildman–Crippen LogP) is 2.83. The Morgan fingerprint density at radius 3 is 2.46 bits per heavy atom. The minimum atomic E-state index is -3.44. The molecule has 2 aromatic carbocycles. The van der Waals surface area contributed by atoms with Crippen molar-refractivity contribution in [1.82, 2.24) is 4.31 Å². The zero-order chi connectivity index (χ0) is 19.7. The van der Waals surface area contributed by atoms with Crippen molar-refractivity contribution in [3.05, 3.63) is 54.1 Å². The maximum atomic E-state index is 12.7. The Kier molecular flexibility index (Phi) is 5.12. The van der Waals surface area contributed by atoms with E-state index in [9.17, 15) is 13.2 Å². The van der Waals surface area contributed by atoms with E-state index in [2.05, 4.69) is 0 Å². The summed E-state index contributed by atoms with van der Waals surface area (Å²) in [5, 5.41) is 0. The smallest absolute Gasteiger partial charge is 0.265 e. The normalized spacial score (nSPS) is 19.6. The van der Waals surface area contributed by atoms with E-state index in [0.29, 0.717) is 18.8 Å². The van der Waals surface area contributed by atoms with Gasteiger partial charge in [-0.3, -0.25) is 4.79 Å². The van der Waals surface area contributed by atoms with Crippen LogP contribution in [0.15, 0.2) is 53.4 Å². The summed E-state index contributed by atoms with van der Waals surface area (Å²) in [4.78, 5) is 14.7. The van der Waals surface area contributed by atoms with Crippen LogP contribution in [-0.2, 0) is 21.2 Å². The van der Waals surface area contributed by atoms with Gasteiger partial charge in [0.25, 0.3) is 5.91 Å². The lowest BCUT2D eigenvalue weighted by molar-refractivity contribution is -0.120. The summed E-state index contributed by atoms with van der Waals surface area (Å²) in [7, 11) is -3.44. The Labute approximate surface area is 165 Å². The molecule has 28 heavy (non-hydrogen) atoms. The fourth-order valence-corrected chi connectivity index (χ4v) is 5.46. The average molecular weight is 401 g/mol. The first-order chi connectivity index (χ1) is 13.5. The molecule has 2 aromatic rings. The van der Waals surface area contributed by atoms with Crippen LogP contribution in [0.4, 0.5) is 5.69 Å². The van der Waals surface area contributed by atoms with Crippen LogP contribution in [0.25, 0.3) is 0 Å². The first-order valence-corrected chi connectivity index (χ1v) is 11.0. The summed E-state index contributed by atoms with van der Waals surface area (Å²) in [5.41, 5.74) is 2.11. The van der Waals surface area contributed by atoms with Crippen molar-refractivity contribution in [3.8, 4) is 5.75 Å². The number of hydrogen-bond donors (Lipinski definition) is 0. The van der Waals surface area contributed by atoms with Gasteiger partial charge < -0.3 is 9.64 Å². The van der Waals surface area contributed by atoms with Crippen molar-refractivity contribution in [1.29, 1.82) is 0 Å². The van der Waals surface area contributed by atoms with Gasteiger partial charge >= 0.3 is 0 Å². The molecule has 0 aromatic heterocycles. The minimum absolute atomic E-state index is 0.0864. The summed E-state index contributed by atoms with van der Waals surface area (Å²) < 4.78 is 32.3. The van der Waals surface area contributed by atoms with Crippen molar-refractivity contribution in [2.75, 3.05) is 24.6 Å². The quantitative estimate of drug-likeness (QED) is 0.774. The van der Waals surface area contributed by atoms with E-state index < -0.39 is 10.0 Å². The van der Waals surface area contributed by atoms with E-state index in [1.807, 2.05) is 31.2 Å². The predicted molar refractivity (Wildman–Crippen MR) is 107 cm³/mol. The molecule has 1 unspecified atom stereocenters. The van der Waals surface area contributed by atoms with E-state index in [1.54, 1.807) is 29.2 Å². The molecular formula is C21H24N2O4S. The van der Waals surface area contributed by atoms with Crippen molar-refractivity contribution in [3.63, 3.8) is 0 Å². The van der Waals surface area contributed by atoms with E-state index in [4.69, 9.17) is 4.74 Å². The molecule has 1 saturated heterocycles. The number of amides is 1. The molecule has 1 fully saturated rings. The van der Waals surface area contributed by atoms with Crippen LogP contribution in [0, 0.1) is 0 Å². The molecule has 1 amide bonds. The first kappa shape index (κ1) is 19.0. The number of benzene rings is 2. The van der Waals surface area contributed by atoms with Gasteiger partial charge in [-0.25, -0.2) is 8.42 Å². The zero-order valence-corrected chi connectivity index (χ0v) is 16.7. The van der Waals surface area contributed by atoms with Crippen molar-refractivity contribution < 1.29 is 17.9 Å². The third-order valence-corrected chi connectivity index (χ3v) is 7.28. The minimum Gasteiger partial charge on any atom is -0.484 e. The molecule has 0 radical (unpaired) electrons. The molecule has 6 nitrogen and oxygen atoms in total. The Balaban J connectivity index is 1.41. The lowest BCUT2D eigenvalue weighted by Crippen LogP contribution is -2.39. The zero-order valence-electron chi connectivity index (χ0n) is 15.9. The second-order valence-corrected chi connectivity index (χ2v) is 9.25. The van der Waals surface area contributed by atoms with Crippen molar-refractivity contribution in [2.45, 2.75) is 37.1 Å². The van der Waals surface area contributed by atoms with Gasteiger partial charge in [0.2, 0.25) is 10.0 Å². The molecule has 148 valence electrons. The van der Waals surface area contributed by atoms with Gasteiger partial charge in [0.15, 0.2) is 6.61 Å². The first-order valence-electron chi connectivity index (χ1n) is 9.60. The Morgan fingerprint density at radius 1 is 1.07 bits per heavy atom. The highest BCUT2D eigenvalue weighted by atomic mass is 32.2. The Hall–Kier alpha value is -2.38. The molecule has 0 N–H and O–H groups in total. The fourth-order valence-electron chi connectivity index (χ4n) is 3.95. The van der Waals surface area contributed by atoms with Crippen LogP contribution in [0.5, 0.6) is 5.75 Å². The summed E-state index contributed by atoms with van der Waals surface area (Å²) in [6, 6.07) is 14.3. The molecule has 0 aliphatic carbocycles. The maximum absolute atomic E-state index is 12.7. The third-order valence-electron chi connectivity index (χ3n) is 5.36. The standard InChI is InChI=1S/C21H24N2O4S/c1-16-14-17-6-2-3-7-20(17)23(16)21(24)15-27-18-8-10-19(11-9-18)28(25,26)22-12-4-5-13-22/h2-3,6-11,16H,4-5,12-15H2,1H3. The van der Waals surface area contributed by atoms with Crippen LogP contribution in [0.1, 0.15) is 25.3 Å². The number of nitrogens with zero attached hydrogens (tertiary/aromatic N) is 2. The molecule has 2 heterocycles. The SMILES string of the molecule is CC1Cc2ccccc2N1C(=O)COc1ccc(S(=O)(=O)N2CCCC2)cc1. The topological polar surface area (TPSA) is 66.9 Å². The van der Waals surface area contributed by atoms with Crippen LogP contribution in [0.2, 0.25) is 0 Å². The summed E-state index contributed by atoms with van der Waals surface area (Å²) in [5.74, 6) is 0.375. The van der Waals surface area contributed by atoms with Gasteiger partial charge in [0.1, 0.15) is 5.75 Å². The summed E-state index contributed by atoms with van der Waals surface area (Å²) >= 11 is 0. The largest absolute Gasteiger partial charge is 0.484 e. The number of anilines is 1. The molecule has 0 spiro atoms. The van der Waals surface area contributed by atoms with Gasteiger partial charge in [-0.15, -0.1) is 0 Å². The second kappa shape index (κ2) is 7.56. The summed E-state index contributed by atoms with van der Waals surface area (Å²) in [6.45, 7) is 3.09. The molecule has 0 bridgehead atoms. The highest BCUT2D eigenvalue weighted by Crippen LogP contribution is 2.32. The van der Waals surface area contributed by atoms with Crippen LogP contribution < -0.4 is 9.64 Å². The van der Waals surface area contributed by atoms with E-state index >= 15 is 0 Å². The molecule has 1 atom stereocenters. The van der Waals surface area contributed by atoms with E-state index in [1.165, 1.54) is 9.87 Å². The molecule has 2 aliphatic heterocycles. The van der Waals surface area contributed by atoms with Crippen molar-refractivity contribution >= 4 is 21.6 Å². The van der Waals surface area contributed by atoms with Crippen LogP contribution >= 0.6 is 0 Å². The Morgan fingerprint density at radius 2 is 1.75 bits per heavy atom.